The van der Waals surface area contributed by atoms with Crippen molar-refractivity contribution < 1.29 is 4.79 Å². The van der Waals surface area contributed by atoms with Gasteiger partial charge in [-0.25, -0.2) is 0 Å². The van der Waals surface area contributed by atoms with Gasteiger partial charge in [0.1, 0.15) is 0 Å². The maximum absolute atomic E-state index is 11.9. The lowest BCUT2D eigenvalue weighted by atomic mass is 10.1. The van der Waals surface area contributed by atoms with Crippen LogP contribution in [0.4, 0.5) is 0 Å². The fourth-order valence-electron chi connectivity index (χ4n) is 1.95. The average Bonchev–Trinajstić information content (AvgIpc) is 2.87. The van der Waals surface area contributed by atoms with Gasteiger partial charge in [0.2, 0.25) is 5.66 Å². The van der Waals surface area contributed by atoms with Gasteiger partial charge in [-0.2, -0.15) is 10.2 Å². The summed E-state index contributed by atoms with van der Waals surface area (Å²) in [5.74, 6) is 0.101. The van der Waals surface area contributed by atoms with E-state index in [1.807, 2.05) is 36.1 Å². The van der Waals surface area contributed by atoms with Crippen molar-refractivity contribution in [2.75, 3.05) is 6.54 Å². The standard InChI is InChI=1S/C11H11N3O/c1-11(12-13-11)7-14-6-8-4-2-3-5-9(8)10(14)15/h2-5H,6-7H2,1H3. The van der Waals surface area contributed by atoms with Crippen LogP contribution in [0.1, 0.15) is 22.8 Å². The third-order valence-electron chi connectivity index (χ3n) is 2.83. The molecular formula is C11H11N3O. The summed E-state index contributed by atoms with van der Waals surface area (Å²) >= 11 is 0. The summed E-state index contributed by atoms with van der Waals surface area (Å²) in [4.78, 5) is 13.8. The highest BCUT2D eigenvalue weighted by atomic mass is 16.2. The number of amides is 1. The number of benzene rings is 1. The van der Waals surface area contributed by atoms with Crippen LogP contribution in [0.5, 0.6) is 0 Å². The predicted octanol–water partition coefficient (Wildman–Crippen LogP) is 1.82. The minimum absolute atomic E-state index is 0.101. The molecule has 0 unspecified atom stereocenters. The minimum atomic E-state index is -0.336. The van der Waals surface area contributed by atoms with Gasteiger partial charge in [-0.1, -0.05) is 18.2 Å². The Balaban J connectivity index is 1.84. The molecule has 4 heteroatoms. The van der Waals surface area contributed by atoms with E-state index in [2.05, 4.69) is 10.2 Å². The molecule has 15 heavy (non-hydrogen) atoms. The number of hydrogen-bond acceptors (Lipinski definition) is 3. The lowest BCUT2D eigenvalue weighted by Gasteiger charge is -2.16. The molecular weight excluding hydrogens is 190 g/mol. The minimum Gasteiger partial charge on any atom is -0.330 e. The van der Waals surface area contributed by atoms with E-state index in [4.69, 9.17) is 0 Å². The first-order valence-corrected chi connectivity index (χ1v) is 4.99. The Hall–Kier alpha value is -1.71. The smallest absolute Gasteiger partial charge is 0.254 e. The highest BCUT2D eigenvalue weighted by Gasteiger charge is 2.40. The fraction of sp³-hybridized carbons (Fsp3) is 0.364. The van der Waals surface area contributed by atoms with E-state index < -0.39 is 0 Å². The van der Waals surface area contributed by atoms with Crippen LogP contribution in [0.3, 0.4) is 0 Å². The zero-order valence-electron chi connectivity index (χ0n) is 8.47. The number of carbonyl (C=O) groups is 1. The van der Waals surface area contributed by atoms with Crippen LogP contribution in [0, 0.1) is 0 Å². The summed E-state index contributed by atoms with van der Waals surface area (Å²) in [5.41, 5.74) is 1.59. The van der Waals surface area contributed by atoms with Gasteiger partial charge in [-0.05, 0) is 18.6 Å². The molecule has 0 aliphatic carbocycles. The largest absolute Gasteiger partial charge is 0.330 e. The molecule has 0 saturated carbocycles. The van der Waals surface area contributed by atoms with Crippen molar-refractivity contribution >= 4 is 5.91 Å². The van der Waals surface area contributed by atoms with E-state index >= 15 is 0 Å². The second-order valence-corrected chi connectivity index (χ2v) is 4.24. The Morgan fingerprint density at radius 3 is 2.80 bits per heavy atom. The van der Waals surface area contributed by atoms with Crippen LogP contribution in [-0.4, -0.2) is 23.0 Å². The molecule has 1 aromatic carbocycles. The van der Waals surface area contributed by atoms with E-state index in [1.165, 1.54) is 0 Å². The van der Waals surface area contributed by atoms with E-state index in [0.29, 0.717) is 13.1 Å². The third-order valence-corrected chi connectivity index (χ3v) is 2.83. The molecule has 2 heterocycles. The van der Waals surface area contributed by atoms with E-state index in [0.717, 1.165) is 11.1 Å². The summed E-state index contributed by atoms with van der Waals surface area (Å²) in [6.45, 7) is 3.22. The molecule has 1 aromatic rings. The average molecular weight is 201 g/mol. The molecule has 4 nitrogen and oxygen atoms in total. The van der Waals surface area contributed by atoms with E-state index in [9.17, 15) is 4.79 Å². The Morgan fingerprint density at radius 1 is 1.40 bits per heavy atom. The van der Waals surface area contributed by atoms with Gasteiger partial charge in [0, 0.05) is 12.1 Å². The molecule has 3 rings (SSSR count). The Morgan fingerprint density at radius 2 is 2.13 bits per heavy atom. The maximum atomic E-state index is 11.9. The van der Waals surface area contributed by atoms with E-state index in [1.54, 1.807) is 0 Å². The first kappa shape index (κ1) is 8.59. The van der Waals surface area contributed by atoms with Gasteiger partial charge in [0.25, 0.3) is 5.91 Å². The fourth-order valence-corrected chi connectivity index (χ4v) is 1.95. The second-order valence-electron chi connectivity index (χ2n) is 4.24. The summed E-state index contributed by atoms with van der Waals surface area (Å²) in [7, 11) is 0. The van der Waals surface area contributed by atoms with Crippen molar-refractivity contribution in [3.05, 3.63) is 35.4 Å². The normalized spacial score (nSPS) is 20.6. The highest BCUT2D eigenvalue weighted by Crippen LogP contribution is 2.31. The van der Waals surface area contributed by atoms with Crippen LogP contribution in [0.2, 0.25) is 0 Å². The van der Waals surface area contributed by atoms with Gasteiger partial charge < -0.3 is 4.90 Å². The van der Waals surface area contributed by atoms with Gasteiger partial charge in [-0.3, -0.25) is 4.79 Å². The molecule has 1 amide bonds. The SMILES string of the molecule is CC1(CN2Cc3ccccc3C2=O)N=N1. The molecule has 0 fully saturated rings. The lowest BCUT2D eigenvalue weighted by molar-refractivity contribution is 0.0762. The van der Waals surface area contributed by atoms with Crippen LogP contribution in [0.15, 0.2) is 34.5 Å². The highest BCUT2D eigenvalue weighted by molar-refractivity contribution is 5.98. The first-order valence-electron chi connectivity index (χ1n) is 4.99. The van der Waals surface area contributed by atoms with Crippen molar-refractivity contribution in [3.63, 3.8) is 0 Å². The van der Waals surface area contributed by atoms with Crippen molar-refractivity contribution in [3.8, 4) is 0 Å². The van der Waals surface area contributed by atoms with Crippen molar-refractivity contribution in [2.45, 2.75) is 19.1 Å². The molecule has 0 bridgehead atoms. The van der Waals surface area contributed by atoms with Gasteiger partial charge in [-0.15, -0.1) is 0 Å². The first-order chi connectivity index (χ1) is 7.18. The Kier molecular flexibility index (Phi) is 1.52. The number of nitrogens with zero attached hydrogens (tertiary/aromatic N) is 3. The Labute approximate surface area is 87.6 Å². The van der Waals surface area contributed by atoms with Crippen LogP contribution >= 0.6 is 0 Å². The van der Waals surface area contributed by atoms with Gasteiger partial charge in [0.05, 0.1) is 6.54 Å². The topological polar surface area (TPSA) is 45.0 Å². The Bertz CT molecular complexity index is 461. The summed E-state index contributed by atoms with van der Waals surface area (Å²) in [6.07, 6.45) is 0. The van der Waals surface area contributed by atoms with Crippen LogP contribution in [-0.2, 0) is 6.54 Å². The predicted molar refractivity (Wildman–Crippen MR) is 54.4 cm³/mol. The van der Waals surface area contributed by atoms with Crippen molar-refractivity contribution in [1.29, 1.82) is 0 Å². The quantitative estimate of drug-likeness (QED) is 0.719. The summed E-state index contributed by atoms with van der Waals surface area (Å²) < 4.78 is 0. The molecule has 0 N–H and O–H groups in total. The number of hydrogen-bond donors (Lipinski definition) is 0. The zero-order valence-corrected chi connectivity index (χ0v) is 8.47. The third kappa shape index (κ3) is 1.33. The zero-order chi connectivity index (χ0) is 10.5. The molecule has 0 spiro atoms. The van der Waals surface area contributed by atoms with Crippen LogP contribution < -0.4 is 0 Å². The number of fused-ring (bicyclic) bond motifs is 1. The summed E-state index contributed by atoms with van der Waals surface area (Å²) in [6, 6.07) is 7.73. The van der Waals surface area contributed by atoms with Crippen molar-refractivity contribution in [2.24, 2.45) is 10.2 Å². The number of rotatable bonds is 2. The lowest BCUT2D eigenvalue weighted by Crippen LogP contribution is -2.33. The molecule has 76 valence electrons. The molecule has 0 atom stereocenters. The van der Waals surface area contributed by atoms with Gasteiger partial charge in [0.15, 0.2) is 0 Å². The molecule has 0 radical (unpaired) electrons. The van der Waals surface area contributed by atoms with Gasteiger partial charge >= 0.3 is 0 Å². The molecule has 0 saturated heterocycles. The molecule has 2 aliphatic heterocycles. The second kappa shape index (κ2) is 2.66. The maximum Gasteiger partial charge on any atom is 0.254 e. The van der Waals surface area contributed by atoms with Crippen molar-refractivity contribution in [1.82, 2.24) is 4.90 Å². The molecule has 2 aliphatic rings. The van der Waals surface area contributed by atoms with Crippen LogP contribution in [0.25, 0.3) is 0 Å². The summed E-state index contributed by atoms with van der Waals surface area (Å²) in [5, 5.41) is 7.85. The monoisotopic (exact) mass is 201 g/mol. The number of carbonyl (C=O) groups excluding carboxylic acids is 1. The van der Waals surface area contributed by atoms with E-state index in [-0.39, 0.29) is 11.6 Å². The molecule has 0 aromatic heterocycles.